The molecule has 0 fully saturated rings. The van der Waals surface area contributed by atoms with Crippen molar-refractivity contribution in [3.63, 3.8) is 0 Å². The van der Waals surface area contributed by atoms with Gasteiger partial charge >= 0.3 is 6.18 Å². The Hall–Kier alpha value is -4.08. The number of fused-ring (bicyclic) bond motifs is 1. The van der Waals surface area contributed by atoms with Crippen molar-refractivity contribution in [2.45, 2.75) is 39.5 Å². The highest BCUT2D eigenvalue weighted by Gasteiger charge is 2.31. The molecule has 2 aromatic carbocycles. The summed E-state index contributed by atoms with van der Waals surface area (Å²) in [6.07, 6.45) is -2.76. The average molecular weight is 498 g/mol. The van der Waals surface area contributed by atoms with Gasteiger partial charge in [0.15, 0.2) is 0 Å². The first-order valence-corrected chi connectivity index (χ1v) is 11.3. The average Bonchev–Trinajstić information content (AvgIpc) is 2.82. The molecule has 2 heterocycles. The van der Waals surface area contributed by atoms with Crippen LogP contribution in [-0.2, 0) is 12.7 Å². The first-order valence-electron chi connectivity index (χ1n) is 11.3. The van der Waals surface area contributed by atoms with E-state index in [0.29, 0.717) is 40.4 Å². The Morgan fingerprint density at radius 1 is 1.14 bits per heavy atom. The minimum Gasteiger partial charge on any atom is -0.496 e. The lowest BCUT2D eigenvalue weighted by atomic mass is 10.0. The fourth-order valence-electron chi connectivity index (χ4n) is 4.09. The van der Waals surface area contributed by atoms with Gasteiger partial charge in [-0.15, -0.1) is 0 Å². The number of nitrogen functional groups attached to an aromatic ring is 1. The highest BCUT2D eigenvalue weighted by molar-refractivity contribution is 5.95. The molecule has 0 spiro atoms. The number of hydrogen-bond donors (Lipinski definition) is 2. The third-order valence-corrected chi connectivity index (χ3v) is 5.92. The second kappa shape index (κ2) is 9.52. The first kappa shape index (κ1) is 25.0. The van der Waals surface area contributed by atoms with Crippen molar-refractivity contribution < 1.29 is 17.9 Å². The zero-order valence-electron chi connectivity index (χ0n) is 20.3. The number of nitrogens with two attached hydrogens (primary N) is 1. The lowest BCUT2D eigenvalue weighted by Gasteiger charge is -2.20. The molecule has 0 aliphatic rings. The Balaban J connectivity index is 1.83. The topological polar surface area (TPSA) is 95.1 Å². The molecule has 0 bridgehead atoms. The minimum atomic E-state index is -4.51. The summed E-state index contributed by atoms with van der Waals surface area (Å²) < 4.78 is 47.2. The van der Waals surface area contributed by atoms with Crippen molar-refractivity contribution in [2.75, 3.05) is 18.2 Å². The van der Waals surface area contributed by atoms with Gasteiger partial charge in [0, 0.05) is 47.1 Å². The number of alkyl halides is 3. The van der Waals surface area contributed by atoms with Crippen LogP contribution in [0.25, 0.3) is 22.0 Å². The van der Waals surface area contributed by atoms with Gasteiger partial charge in [0.1, 0.15) is 17.4 Å². The molecule has 2 aromatic heterocycles. The molecule has 36 heavy (non-hydrogen) atoms. The zero-order valence-corrected chi connectivity index (χ0v) is 20.3. The third-order valence-electron chi connectivity index (χ3n) is 5.92. The number of ether oxygens (including phenoxy) is 1. The zero-order chi connectivity index (χ0) is 26.2. The van der Waals surface area contributed by atoms with Crippen LogP contribution in [0.3, 0.4) is 0 Å². The number of hydrogen-bond acceptors (Lipinski definition) is 6. The van der Waals surface area contributed by atoms with Crippen LogP contribution < -0.4 is 21.3 Å². The molecule has 0 aliphatic carbocycles. The van der Waals surface area contributed by atoms with E-state index in [-0.39, 0.29) is 11.2 Å². The molecule has 10 heteroatoms. The standard InChI is InChI=1S/C26H26F3N5O2/c1-5-34-13-16(6-7-24(34)35)20-11-21-22(12-23(20)36-4)32-15(3)33-25(21)31-14(2)17-8-18(26(27,28)29)10-19(30)9-17/h6-14H,5,30H2,1-4H3,(H,31,32,33)/t14-/m1/s1. The Kier molecular flexibility index (Phi) is 6.62. The number of anilines is 2. The number of aromatic nitrogens is 3. The Labute approximate surface area is 205 Å². The van der Waals surface area contributed by atoms with E-state index < -0.39 is 17.8 Å². The second-order valence-electron chi connectivity index (χ2n) is 8.48. The summed E-state index contributed by atoms with van der Waals surface area (Å²) in [5.41, 5.74) is 7.32. The van der Waals surface area contributed by atoms with Crippen molar-refractivity contribution in [1.29, 1.82) is 0 Å². The van der Waals surface area contributed by atoms with E-state index in [1.54, 1.807) is 43.9 Å². The summed E-state index contributed by atoms with van der Waals surface area (Å²) >= 11 is 0. The van der Waals surface area contributed by atoms with Gasteiger partial charge in [0.25, 0.3) is 5.56 Å². The van der Waals surface area contributed by atoms with Crippen molar-refractivity contribution in [2.24, 2.45) is 0 Å². The van der Waals surface area contributed by atoms with E-state index in [0.717, 1.165) is 23.3 Å². The quantitative estimate of drug-likeness (QED) is 0.338. The largest absolute Gasteiger partial charge is 0.496 e. The highest BCUT2D eigenvalue weighted by Crippen LogP contribution is 2.37. The fraction of sp³-hybridized carbons (Fsp3) is 0.269. The van der Waals surface area contributed by atoms with Crippen LogP contribution in [-0.4, -0.2) is 21.6 Å². The van der Waals surface area contributed by atoms with E-state index in [4.69, 9.17) is 10.5 Å². The van der Waals surface area contributed by atoms with Crippen LogP contribution >= 0.6 is 0 Å². The first-order chi connectivity index (χ1) is 17.0. The molecule has 1 atom stereocenters. The van der Waals surface area contributed by atoms with Crippen molar-refractivity contribution >= 4 is 22.4 Å². The summed E-state index contributed by atoms with van der Waals surface area (Å²) in [5, 5.41) is 3.88. The molecule has 0 amide bonds. The van der Waals surface area contributed by atoms with Crippen molar-refractivity contribution in [3.8, 4) is 16.9 Å². The number of aryl methyl sites for hydroxylation is 2. The van der Waals surface area contributed by atoms with Crippen LogP contribution in [0.1, 0.15) is 36.8 Å². The number of methoxy groups -OCH3 is 1. The summed E-state index contributed by atoms with van der Waals surface area (Å²) in [4.78, 5) is 21.1. The molecular weight excluding hydrogens is 471 g/mol. The summed E-state index contributed by atoms with van der Waals surface area (Å²) in [6.45, 7) is 5.85. The maximum absolute atomic E-state index is 13.3. The molecule has 0 saturated carbocycles. The van der Waals surface area contributed by atoms with Crippen LogP contribution in [0.5, 0.6) is 5.75 Å². The van der Waals surface area contributed by atoms with Crippen molar-refractivity contribution in [3.05, 3.63) is 76.0 Å². The van der Waals surface area contributed by atoms with Crippen LogP contribution in [0, 0.1) is 6.92 Å². The Morgan fingerprint density at radius 3 is 2.56 bits per heavy atom. The number of benzene rings is 2. The van der Waals surface area contributed by atoms with E-state index in [1.807, 2.05) is 13.0 Å². The van der Waals surface area contributed by atoms with Gasteiger partial charge in [-0.3, -0.25) is 4.79 Å². The molecule has 3 N–H and O–H groups in total. The lowest BCUT2D eigenvalue weighted by molar-refractivity contribution is -0.137. The predicted molar refractivity (Wildman–Crippen MR) is 134 cm³/mol. The van der Waals surface area contributed by atoms with Gasteiger partial charge in [0.05, 0.1) is 24.2 Å². The van der Waals surface area contributed by atoms with Gasteiger partial charge in [0.2, 0.25) is 0 Å². The molecule has 0 radical (unpaired) electrons. The molecule has 188 valence electrons. The molecule has 0 unspecified atom stereocenters. The number of nitrogens with zero attached hydrogens (tertiary/aromatic N) is 3. The van der Waals surface area contributed by atoms with Gasteiger partial charge in [-0.25, -0.2) is 9.97 Å². The monoisotopic (exact) mass is 497 g/mol. The highest BCUT2D eigenvalue weighted by atomic mass is 19.4. The van der Waals surface area contributed by atoms with Gasteiger partial charge in [-0.05, 0) is 56.7 Å². The second-order valence-corrected chi connectivity index (χ2v) is 8.48. The molecule has 0 aliphatic heterocycles. The van der Waals surface area contributed by atoms with Gasteiger partial charge in [-0.1, -0.05) is 0 Å². The summed E-state index contributed by atoms with van der Waals surface area (Å²) in [6, 6.07) is 9.79. The van der Waals surface area contributed by atoms with E-state index in [1.165, 1.54) is 12.1 Å². The van der Waals surface area contributed by atoms with Crippen LogP contribution in [0.4, 0.5) is 24.7 Å². The van der Waals surface area contributed by atoms with Gasteiger partial charge < -0.3 is 20.4 Å². The molecular formula is C26H26F3N5O2. The lowest BCUT2D eigenvalue weighted by Crippen LogP contribution is -2.17. The Bertz CT molecular complexity index is 1500. The molecule has 7 nitrogen and oxygen atoms in total. The number of halogens is 3. The fourth-order valence-corrected chi connectivity index (χ4v) is 4.09. The Morgan fingerprint density at radius 2 is 1.89 bits per heavy atom. The summed E-state index contributed by atoms with van der Waals surface area (Å²) in [7, 11) is 1.55. The van der Waals surface area contributed by atoms with E-state index >= 15 is 0 Å². The number of nitrogens with one attached hydrogen (secondary N) is 1. The normalized spacial score (nSPS) is 12.5. The van der Waals surface area contributed by atoms with Crippen LogP contribution in [0.15, 0.2) is 53.5 Å². The maximum atomic E-state index is 13.3. The molecule has 4 rings (SSSR count). The van der Waals surface area contributed by atoms with Crippen LogP contribution in [0.2, 0.25) is 0 Å². The molecule has 4 aromatic rings. The van der Waals surface area contributed by atoms with Crippen molar-refractivity contribution in [1.82, 2.24) is 14.5 Å². The smallest absolute Gasteiger partial charge is 0.416 e. The third kappa shape index (κ3) is 4.98. The van der Waals surface area contributed by atoms with E-state index in [9.17, 15) is 18.0 Å². The van der Waals surface area contributed by atoms with E-state index in [2.05, 4.69) is 15.3 Å². The molecule has 0 saturated heterocycles. The SMILES string of the molecule is CCn1cc(-c2cc3c(N[C@H](C)c4cc(N)cc(C(F)(F)F)c4)nc(C)nc3cc2OC)ccc1=O. The van der Waals surface area contributed by atoms with Gasteiger partial charge in [-0.2, -0.15) is 13.2 Å². The number of pyridine rings is 1. The summed E-state index contributed by atoms with van der Waals surface area (Å²) in [5.74, 6) is 1.50. The minimum absolute atomic E-state index is 0.0234. The number of rotatable bonds is 6. The maximum Gasteiger partial charge on any atom is 0.416 e. The predicted octanol–water partition coefficient (Wildman–Crippen LogP) is 5.57.